The molecular formula is C21H33ISi. The first-order valence-corrected chi connectivity index (χ1v) is 12.1. The Morgan fingerprint density at radius 2 is 1.35 bits per heavy atom. The molecule has 0 radical (unpaired) electrons. The molecule has 0 N–H and O–H groups in total. The molecule has 0 aliphatic heterocycles. The van der Waals surface area contributed by atoms with Gasteiger partial charge in [0.25, 0.3) is 0 Å². The highest BCUT2D eigenvalue weighted by molar-refractivity contribution is 14.1. The van der Waals surface area contributed by atoms with E-state index in [-0.39, 0.29) is 5.41 Å². The predicted molar refractivity (Wildman–Crippen MR) is 116 cm³/mol. The average Bonchev–Trinajstić information content (AvgIpc) is 2.36. The molecule has 1 aromatic carbocycles. The fraction of sp³-hybridized carbons (Fsp3) is 0.619. The van der Waals surface area contributed by atoms with Gasteiger partial charge in [-0.1, -0.05) is 68.2 Å². The molecule has 0 aromatic heterocycles. The molecular weight excluding hydrogens is 407 g/mol. The van der Waals surface area contributed by atoms with E-state index < -0.39 is 8.07 Å². The lowest BCUT2D eigenvalue weighted by Crippen LogP contribution is -2.43. The summed E-state index contributed by atoms with van der Waals surface area (Å²) in [4.78, 5) is 0. The standard InChI is InChI=1S/C21H33ISi/c1-15(2)23(16(3)4,17(5)6)11-10-18-12-19(21(7,8)9)14-20(22)13-18/h12-17H,1-9H3. The maximum atomic E-state index is 3.84. The second kappa shape index (κ2) is 7.74. The minimum atomic E-state index is -1.65. The summed E-state index contributed by atoms with van der Waals surface area (Å²) in [7, 11) is -1.65. The van der Waals surface area contributed by atoms with Gasteiger partial charge in [0.05, 0.1) is 0 Å². The SMILES string of the molecule is CC(C)[Si](C#Cc1cc(I)cc(C(C)(C)C)c1)(C(C)C)C(C)C. The quantitative estimate of drug-likeness (QED) is 0.266. The topological polar surface area (TPSA) is 0 Å². The molecule has 0 fully saturated rings. The molecule has 0 aliphatic carbocycles. The van der Waals surface area contributed by atoms with Gasteiger partial charge in [0.2, 0.25) is 0 Å². The predicted octanol–water partition coefficient (Wildman–Crippen LogP) is 7.16. The Morgan fingerprint density at radius 1 is 0.870 bits per heavy atom. The lowest BCUT2D eigenvalue weighted by atomic mass is 9.86. The van der Waals surface area contributed by atoms with Crippen LogP contribution >= 0.6 is 22.6 Å². The first-order chi connectivity index (χ1) is 10.4. The van der Waals surface area contributed by atoms with Gasteiger partial charge in [-0.05, 0) is 68.4 Å². The average molecular weight is 440 g/mol. The summed E-state index contributed by atoms with van der Waals surface area (Å²) >= 11 is 2.42. The number of rotatable bonds is 3. The Morgan fingerprint density at radius 3 is 1.74 bits per heavy atom. The molecule has 0 spiro atoms. The van der Waals surface area contributed by atoms with Crippen LogP contribution in [0.1, 0.15) is 73.4 Å². The fourth-order valence-electron chi connectivity index (χ4n) is 3.71. The first kappa shape index (κ1) is 20.8. The van der Waals surface area contributed by atoms with Crippen LogP contribution in [0, 0.1) is 15.0 Å². The molecule has 0 unspecified atom stereocenters. The molecule has 0 saturated carbocycles. The number of hydrogen-bond donors (Lipinski definition) is 0. The van der Waals surface area contributed by atoms with Crippen molar-refractivity contribution in [2.45, 2.75) is 84.4 Å². The maximum absolute atomic E-state index is 3.84. The first-order valence-electron chi connectivity index (χ1n) is 8.75. The van der Waals surface area contributed by atoms with Gasteiger partial charge in [-0.3, -0.25) is 0 Å². The third kappa shape index (κ3) is 4.86. The van der Waals surface area contributed by atoms with Crippen LogP contribution in [0.3, 0.4) is 0 Å². The Hall–Kier alpha value is -0.273. The summed E-state index contributed by atoms with van der Waals surface area (Å²) in [5, 5.41) is 0. The van der Waals surface area contributed by atoms with Crippen molar-refractivity contribution in [1.82, 2.24) is 0 Å². The van der Waals surface area contributed by atoms with Gasteiger partial charge in [-0.2, -0.15) is 0 Å². The smallest absolute Gasteiger partial charge is 0.125 e. The number of halogens is 1. The third-order valence-electron chi connectivity index (χ3n) is 5.05. The Kier molecular flexibility index (Phi) is 6.99. The lowest BCUT2D eigenvalue weighted by Gasteiger charge is -2.38. The second-order valence-electron chi connectivity index (χ2n) is 8.63. The van der Waals surface area contributed by atoms with Crippen LogP contribution in [-0.2, 0) is 5.41 Å². The molecule has 2 heteroatoms. The van der Waals surface area contributed by atoms with E-state index in [1.165, 1.54) is 14.7 Å². The van der Waals surface area contributed by atoms with Gasteiger partial charge in [0.1, 0.15) is 8.07 Å². The minimum absolute atomic E-state index is 0.167. The highest BCUT2D eigenvalue weighted by Gasteiger charge is 2.41. The van der Waals surface area contributed by atoms with E-state index in [0.29, 0.717) is 16.6 Å². The largest absolute Gasteiger partial charge is 0.146 e. The van der Waals surface area contributed by atoms with Gasteiger partial charge >= 0.3 is 0 Å². The molecule has 0 atom stereocenters. The Balaban J connectivity index is 3.41. The van der Waals surface area contributed by atoms with E-state index in [1.807, 2.05) is 0 Å². The van der Waals surface area contributed by atoms with Gasteiger partial charge in [0.15, 0.2) is 0 Å². The van der Waals surface area contributed by atoms with Gasteiger partial charge in [-0.15, -0.1) is 5.54 Å². The highest BCUT2D eigenvalue weighted by Crippen LogP contribution is 2.40. The maximum Gasteiger partial charge on any atom is 0.146 e. The van der Waals surface area contributed by atoms with Crippen LogP contribution < -0.4 is 0 Å². The summed E-state index contributed by atoms with van der Waals surface area (Å²) in [6, 6.07) is 6.79. The van der Waals surface area contributed by atoms with Crippen LogP contribution in [0.2, 0.25) is 16.6 Å². The van der Waals surface area contributed by atoms with E-state index in [1.54, 1.807) is 0 Å². The molecule has 1 aromatic rings. The van der Waals surface area contributed by atoms with E-state index in [0.717, 1.165) is 0 Å². The van der Waals surface area contributed by atoms with Crippen LogP contribution in [-0.4, -0.2) is 8.07 Å². The Bertz CT molecular complexity index is 573. The summed E-state index contributed by atoms with van der Waals surface area (Å²) in [5.41, 5.74) is 8.60. The lowest BCUT2D eigenvalue weighted by molar-refractivity contribution is 0.589. The van der Waals surface area contributed by atoms with Gasteiger partial charge < -0.3 is 0 Å². The summed E-state index contributed by atoms with van der Waals surface area (Å²) in [5.74, 6) is 3.59. The zero-order valence-corrected chi connectivity index (χ0v) is 19.5. The molecule has 0 aliphatic rings. The molecule has 0 nitrogen and oxygen atoms in total. The molecule has 0 amide bonds. The highest BCUT2D eigenvalue weighted by atomic mass is 127. The fourth-order valence-corrected chi connectivity index (χ4v) is 9.61. The van der Waals surface area contributed by atoms with E-state index in [4.69, 9.17) is 0 Å². The van der Waals surface area contributed by atoms with E-state index in [2.05, 4.69) is 115 Å². The van der Waals surface area contributed by atoms with Crippen molar-refractivity contribution in [3.05, 3.63) is 32.9 Å². The zero-order chi connectivity index (χ0) is 18.0. The molecule has 23 heavy (non-hydrogen) atoms. The Labute approximate surface area is 159 Å². The van der Waals surface area contributed by atoms with Crippen molar-refractivity contribution in [3.8, 4) is 11.5 Å². The van der Waals surface area contributed by atoms with Crippen LogP contribution in [0.25, 0.3) is 0 Å². The molecule has 128 valence electrons. The van der Waals surface area contributed by atoms with Crippen LogP contribution in [0.4, 0.5) is 0 Å². The zero-order valence-electron chi connectivity index (χ0n) is 16.3. The molecule has 0 saturated heterocycles. The van der Waals surface area contributed by atoms with Crippen LogP contribution in [0.15, 0.2) is 18.2 Å². The van der Waals surface area contributed by atoms with Crippen LogP contribution in [0.5, 0.6) is 0 Å². The molecule has 0 bridgehead atoms. The van der Waals surface area contributed by atoms with E-state index >= 15 is 0 Å². The van der Waals surface area contributed by atoms with Crippen molar-refractivity contribution >= 4 is 30.7 Å². The normalized spacial score (nSPS) is 12.7. The van der Waals surface area contributed by atoms with Crippen molar-refractivity contribution < 1.29 is 0 Å². The van der Waals surface area contributed by atoms with Crippen molar-refractivity contribution in [3.63, 3.8) is 0 Å². The number of hydrogen-bond acceptors (Lipinski definition) is 0. The third-order valence-corrected chi connectivity index (χ3v) is 12.0. The summed E-state index contributed by atoms with van der Waals surface area (Å²) in [6.45, 7) is 21.0. The van der Waals surface area contributed by atoms with Gasteiger partial charge in [0, 0.05) is 9.13 Å². The molecule has 0 heterocycles. The van der Waals surface area contributed by atoms with Crippen molar-refractivity contribution in [1.29, 1.82) is 0 Å². The van der Waals surface area contributed by atoms with E-state index in [9.17, 15) is 0 Å². The monoisotopic (exact) mass is 440 g/mol. The van der Waals surface area contributed by atoms with Crippen molar-refractivity contribution in [2.75, 3.05) is 0 Å². The van der Waals surface area contributed by atoms with Crippen molar-refractivity contribution in [2.24, 2.45) is 0 Å². The summed E-state index contributed by atoms with van der Waals surface area (Å²) < 4.78 is 1.28. The second-order valence-corrected chi connectivity index (χ2v) is 15.5. The van der Waals surface area contributed by atoms with Gasteiger partial charge in [-0.25, -0.2) is 0 Å². The minimum Gasteiger partial charge on any atom is -0.125 e. The summed E-state index contributed by atoms with van der Waals surface area (Å²) in [6.07, 6.45) is 0. The number of benzene rings is 1. The molecule has 1 rings (SSSR count).